The fourth-order valence-corrected chi connectivity index (χ4v) is 2.92. The first-order valence-electron chi connectivity index (χ1n) is 9.32. The molecule has 30 heavy (non-hydrogen) atoms. The number of carbonyl (C=O) groups is 2. The minimum Gasteiger partial charge on any atom is -0.497 e. The maximum atomic E-state index is 12.3. The molecule has 0 unspecified atom stereocenters. The third kappa shape index (κ3) is 5.19. The van der Waals surface area contributed by atoms with E-state index in [0.717, 1.165) is 5.56 Å². The molecule has 1 amide bonds. The van der Waals surface area contributed by atoms with Gasteiger partial charge in [0.2, 0.25) is 0 Å². The van der Waals surface area contributed by atoms with Crippen LogP contribution in [-0.2, 0) is 20.7 Å². The molecule has 9 heteroatoms. The van der Waals surface area contributed by atoms with Gasteiger partial charge in [-0.25, -0.2) is 4.79 Å². The lowest BCUT2D eigenvalue weighted by molar-refractivity contribution is -0.153. The number of methoxy groups -OCH3 is 2. The van der Waals surface area contributed by atoms with Crippen LogP contribution in [0.2, 0.25) is 0 Å². The molecule has 9 nitrogen and oxygen atoms in total. The van der Waals surface area contributed by atoms with Crippen LogP contribution in [0.5, 0.6) is 11.5 Å². The predicted molar refractivity (Wildman–Crippen MR) is 111 cm³/mol. The molecule has 0 radical (unpaired) electrons. The van der Waals surface area contributed by atoms with Crippen molar-refractivity contribution in [3.8, 4) is 11.5 Å². The van der Waals surface area contributed by atoms with Crippen molar-refractivity contribution in [3.05, 3.63) is 52.4 Å². The molecule has 0 aliphatic rings. The molecule has 158 valence electrons. The lowest BCUT2D eigenvalue weighted by Crippen LogP contribution is -2.30. The number of esters is 1. The summed E-state index contributed by atoms with van der Waals surface area (Å²) >= 11 is 0. The Labute approximate surface area is 172 Å². The average molecular weight is 413 g/mol. The number of nitrogens with one attached hydrogen (secondary N) is 3. The molecule has 0 bridgehead atoms. The highest BCUT2D eigenvalue weighted by atomic mass is 16.5. The SMILES string of the molecule is COc1cc(CCC(=O)O[C@@H](C)C(=O)Nc2ccc3[nH]c(=O)[nH]c3c2)cc(OC)c1. The monoisotopic (exact) mass is 413 g/mol. The quantitative estimate of drug-likeness (QED) is 0.487. The second-order valence-corrected chi connectivity index (χ2v) is 6.68. The lowest BCUT2D eigenvalue weighted by Gasteiger charge is -2.14. The third-order valence-corrected chi connectivity index (χ3v) is 4.49. The van der Waals surface area contributed by atoms with Crippen molar-refractivity contribution < 1.29 is 23.8 Å². The molecule has 1 atom stereocenters. The van der Waals surface area contributed by atoms with Crippen molar-refractivity contribution in [2.75, 3.05) is 19.5 Å². The van der Waals surface area contributed by atoms with Crippen LogP contribution in [0, 0.1) is 0 Å². The summed E-state index contributed by atoms with van der Waals surface area (Å²) in [5, 5.41) is 2.67. The first kappa shape index (κ1) is 21.0. The Morgan fingerprint density at radius 3 is 2.33 bits per heavy atom. The van der Waals surface area contributed by atoms with Gasteiger partial charge in [0, 0.05) is 18.2 Å². The first-order chi connectivity index (χ1) is 14.4. The Morgan fingerprint density at radius 2 is 1.67 bits per heavy atom. The average Bonchev–Trinajstić information content (AvgIpc) is 3.11. The van der Waals surface area contributed by atoms with Gasteiger partial charge in [0.1, 0.15) is 11.5 Å². The van der Waals surface area contributed by atoms with E-state index >= 15 is 0 Å². The standard InChI is InChI=1S/C21H23N3O6/c1-12(20(26)22-14-5-6-17-18(10-14)24-21(27)23-17)30-19(25)7-4-13-8-15(28-2)11-16(9-13)29-3/h5-6,8-12H,4,7H2,1-3H3,(H,22,26)(H2,23,24,27)/t12-/m0/s1. The van der Waals surface area contributed by atoms with E-state index in [0.29, 0.717) is 34.6 Å². The summed E-state index contributed by atoms with van der Waals surface area (Å²) in [7, 11) is 3.11. The number of anilines is 1. The molecule has 0 fully saturated rings. The number of fused-ring (bicyclic) bond motifs is 1. The highest BCUT2D eigenvalue weighted by molar-refractivity contribution is 5.96. The molecule has 0 spiro atoms. The number of aromatic amines is 2. The van der Waals surface area contributed by atoms with Gasteiger partial charge in [-0.1, -0.05) is 0 Å². The molecule has 0 aliphatic carbocycles. The molecule has 3 rings (SSSR count). The molecule has 1 aromatic heterocycles. The number of H-pyrrole nitrogens is 2. The van der Waals surface area contributed by atoms with E-state index in [1.165, 1.54) is 6.92 Å². The largest absolute Gasteiger partial charge is 0.497 e. The van der Waals surface area contributed by atoms with E-state index in [2.05, 4.69) is 15.3 Å². The van der Waals surface area contributed by atoms with Crippen LogP contribution in [0.3, 0.4) is 0 Å². The zero-order chi connectivity index (χ0) is 21.7. The van der Waals surface area contributed by atoms with Crippen molar-refractivity contribution in [2.45, 2.75) is 25.9 Å². The molecule has 0 aliphatic heterocycles. The van der Waals surface area contributed by atoms with Crippen LogP contribution < -0.4 is 20.5 Å². The van der Waals surface area contributed by atoms with Gasteiger partial charge in [-0.2, -0.15) is 0 Å². The van der Waals surface area contributed by atoms with Crippen LogP contribution >= 0.6 is 0 Å². The van der Waals surface area contributed by atoms with Crippen LogP contribution in [0.4, 0.5) is 5.69 Å². The highest BCUT2D eigenvalue weighted by Crippen LogP contribution is 2.23. The van der Waals surface area contributed by atoms with Gasteiger partial charge in [-0.05, 0) is 49.2 Å². The van der Waals surface area contributed by atoms with Gasteiger partial charge in [0.15, 0.2) is 6.10 Å². The number of carbonyl (C=O) groups excluding carboxylic acids is 2. The fourth-order valence-electron chi connectivity index (χ4n) is 2.92. The number of ether oxygens (including phenoxy) is 3. The zero-order valence-electron chi connectivity index (χ0n) is 16.9. The zero-order valence-corrected chi connectivity index (χ0v) is 16.9. The molecule has 3 aromatic rings. The number of imidazole rings is 1. The second kappa shape index (κ2) is 9.17. The summed E-state index contributed by atoms with van der Waals surface area (Å²) < 4.78 is 15.7. The maximum absolute atomic E-state index is 12.3. The van der Waals surface area contributed by atoms with Gasteiger partial charge >= 0.3 is 11.7 Å². The van der Waals surface area contributed by atoms with Gasteiger partial charge in [0.25, 0.3) is 5.91 Å². The van der Waals surface area contributed by atoms with Gasteiger partial charge in [-0.3, -0.25) is 9.59 Å². The van der Waals surface area contributed by atoms with Gasteiger partial charge < -0.3 is 29.5 Å². The number of aromatic nitrogens is 2. The lowest BCUT2D eigenvalue weighted by atomic mass is 10.1. The Morgan fingerprint density at radius 1 is 1.00 bits per heavy atom. The molecular formula is C21H23N3O6. The molecule has 2 aromatic carbocycles. The van der Waals surface area contributed by atoms with Crippen LogP contribution in [0.15, 0.2) is 41.2 Å². The minimum absolute atomic E-state index is 0.102. The summed E-state index contributed by atoms with van der Waals surface area (Å²) in [5.74, 6) is 0.297. The van der Waals surface area contributed by atoms with E-state index < -0.39 is 18.0 Å². The van der Waals surface area contributed by atoms with Crippen molar-refractivity contribution in [2.24, 2.45) is 0 Å². The molecule has 0 saturated carbocycles. The summed E-state index contributed by atoms with van der Waals surface area (Å²) in [6.45, 7) is 1.50. The number of rotatable bonds is 8. The molecular weight excluding hydrogens is 390 g/mol. The number of hydrogen-bond donors (Lipinski definition) is 3. The van der Waals surface area contributed by atoms with Crippen molar-refractivity contribution in [1.82, 2.24) is 9.97 Å². The Balaban J connectivity index is 1.54. The Hall–Kier alpha value is -3.75. The van der Waals surface area contributed by atoms with Crippen LogP contribution in [0.1, 0.15) is 18.9 Å². The second-order valence-electron chi connectivity index (χ2n) is 6.68. The highest BCUT2D eigenvalue weighted by Gasteiger charge is 2.18. The van der Waals surface area contributed by atoms with E-state index in [-0.39, 0.29) is 12.1 Å². The summed E-state index contributed by atoms with van der Waals surface area (Å²) in [4.78, 5) is 41.0. The van der Waals surface area contributed by atoms with Crippen molar-refractivity contribution >= 4 is 28.6 Å². The normalized spacial score (nSPS) is 11.7. The first-order valence-corrected chi connectivity index (χ1v) is 9.32. The topological polar surface area (TPSA) is 123 Å². The Bertz CT molecular complexity index is 1100. The van der Waals surface area contributed by atoms with E-state index in [4.69, 9.17) is 14.2 Å². The van der Waals surface area contributed by atoms with Crippen LogP contribution in [-0.4, -0.2) is 42.2 Å². The predicted octanol–water partition coefficient (Wildman–Crippen LogP) is 2.38. The van der Waals surface area contributed by atoms with E-state index in [1.54, 1.807) is 38.5 Å². The third-order valence-electron chi connectivity index (χ3n) is 4.49. The summed E-state index contributed by atoms with van der Waals surface area (Å²) in [5.41, 5.74) is 2.20. The van der Waals surface area contributed by atoms with Crippen LogP contribution in [0.25, 0.3) is 11.0 Å². The van der Waals surface area contributed by atoms with E-state index in [9.17, 15) is 14.4 Å². The molecule has 3 N–H and O–H groups in total. The number of aryl methyl sites for hydroxylation is 1. The number of amides is 1. The smallest absolute Gasteiger partial charge is 0.323 e. The molecule has 1 heterocycles. The summed E-state index contributed by atoms with van der Waals surface area (Å²) in [6, 6.07) is 10.3. The maximum Gasteiger partial charge on any atom is 0.323 e. The van der Waals surface area contributed by atoms with E-state index in [1.807, 2.05) is 12.1 Å². The fraction of sp³-hybridized carbons (Fsp3) is 0.286. The van der Waals surface area contributed by atoms with Crippen molar-refractivity contribution in [3.63, 3.8) is 0 Å². The Kier molecular flexibility index (Phi) is 6.41. The molecule has 0 saturated heterocycles. The van der Waals surface area contributed by atoms with Gasteiger partial charge in [-0.15, -0.1) is 0 Å². The summed E-state index contributed by atoms with van der Waals surface area (Å²) in [6.07, 6.45) is -0.457. The number of benzene rings is 2. The minimum atomic E-state index is -0.974. The number of hydrogen-bond acceptors (Lipinski definition) is 6. The van der Waals surface area contributed by atoms with Gasteiger partial charge in [0.05, 0.1) is 25.3 Å². The van der Waals surface area contributed by atoms with Crippen molar-refractivity contribution in [1.29, 1.82) is 0 Å².